The Kier molecular flexibility index (Phi) is 4.32. The first kappa shape index (κ1) is 15.5. The number of anilines is 2. The van der Waals surface area contributed by atoms with Gasteiger partial charge in [-0.05, 0) is 51.0 Å². The predicted molar refractivity (Wildman–Crippen MR) is 84.3 cm³/mol. The van der Waals surface area contributed by atoms with E-state index < -0.39 is 5.54 Å². The number of nitrogens with two attached hydrogens (primary N) is 1. The SMILES string of the molecule is Cc1cc(NC(=O)CC(C)(C)N)ccc1N1CCCC1=O. The van der Waals surface area contributed by atoms with Crippen LogP contribution in [0.2, 0.25) is 0 Å². The molecule has 1 aliphatic heterocycles. The van der Waals surface area contributed by atoms with Crippen LogP contribution in [0.5, 0.6) is 0 Å². The van der Waals surface area contributed by atoms with Gasteiger partial charge in [-0.15, -0.1) is 0 Å². The molecule has 5 heteroatoms. The maximum Gasteiger partial charge on any atom is 0.227 e. The van der Waals surface area contributed by atoms with Gasteiger partial charge in [0, 0.05) is 36.3 Å². The molecule has 0 bridgehead atoms. The van der Waals surface area contributed by atoms with Gasteiger partial charge in [0.1, 0.15) is 0 Å². The molecule has 0 spiro atoms. The summed E-state index contributed by atoms with van der Waals surface area (Å²) in [7, 11) is 0. The van der Waals surface area contributed by atoms with Crippen LogP contribution in [0.4, 0.5) is 11.4 Å². The highest BCUT2D eigenvalue weighted by molar-refractivity contribution is 5.97. The number of carbonyl (C=O) groups is 2. The average molecular weight is 289 g/mol. The highest BCUT2D eigenvalue weighted by Crippen LogP contribution is 2.27. The molecule has 114 valence electrons. The molecule has 0 unspecified atom stereocenters. The highest BCUT2D eigenvalue weighted by Gasteiger charge is 2.23. The van der Waals surface area contributed by atoms with E-state index in [0.29, 0.717) is 6.42 Å². The monoisotopic (exact) mass is 289 g/mol. The normalized spacial score (nSPS) is 15.4. The fourth-order valence-electron chi connectivity index (χ4n) is 2.56. The van der Waals surface area contributed by atoms with Crippen molar-refractivity contribution in [2.45, 2.75) is 45.6 Å². The molecule has 1 fully saturated rings. The number of hydrogen-bond donors (Lipinski definition) is 2. The Hall–Kier alpha value is -1.88. The molecule has 1 aliphatic rings. The van der Waals surface area contributed by atoms with Crippen molar-refractivity contribution >= 4 is 23.2 Å². The molecule has 0 atom stereocenters. The summed E-state index contributed by atoms with van der Waals surface area (Å²) in [6, 6.07) is 5.61. The summed E-state index contributed by atoms with van der Waals surface area (Å²) in [4.78, 5) is 25.5. The van der Waals surface area contributed by atoms with E-state index in [1.165, 1.54) is 0 Å². The minimum absolute atomic E-state index is 0.105. The van der Waals surface area contributed by atoms with E-state index >= 15 is 0 Å². The molecule has 0 saturated carbocycles. The molecular formula is C16H23N3O2. The summed E-state index contributed by atoms with van der Waals surface area (Å²) in [6.07, 6.45) is 1.78. The summed E-state index contributed by atoms with van der Waals surface area (Å²) >= 11 is 0. The van der Waals surface area contributed by atoms with Crippen molar-refractivity contribution < 1.29 is 9.59 Å². The number of rotatable bonds is 4. The number of aryl methyl sites for hydroxylation is 1. The first-order valence-electron chi connectivity index (χ1n) is 7.26. The van der Waals surface area contributed by atoms with Crippen molar-refractivity contribution in [2.75, 3.05) is 16.8 Å². The third-order valence-corrected chi connectivity index (χ3v) is 3.46. The zero-order valence-electron chi connectivity index (χ0n) is 12.9. The van der Waals surface area contributed by atoms with Gasteiger partial charge in [-0.3, -0.25) is 9.59 Å². The molecule has 0 aliphatic carbocycles. The third-order valence-electron chi connectivity index (χ3n) is 3.46. The van der Waals surface area contributed by atoms with Crippen LogP contribution in [-0.4, -0.2) is 23.9 Å². The quantitative estimate of drug-likeness (QED) is 0.892. The van der Waals surface area contributed by atoms with E-state index in [9.17, 15) is 9.59 Å². The van der Waals surface area contributed by atoms with Gasteiger partial charge < -0.3 is 16.0 Å². The summed E-state index contributed by atoms with van der Waals surface area (Å²) in [5.41, 5.74) is 7.95. The van der Waals surface area contributed by atoms with Gasteiger partial charge in [0.15, 0.2) is 0 Å². The molecule has 2 rings (SSSR count). The van der Waals surface area contributed by atoms with Crippen molar-refractivity contribution in [1.82, 2.24) is 0 Å². The molecule has 0 aromatic heterocycles. The standard InChI is InChI=1S/C16H23N3O2/c1-11-9-12(18-14(20)10-16(2,3)17)6-7-13(11)19-8-4-5-15(19)21/h6-7,9H,4-5,8,10,17H2,1-3H3,(H,18,20). The van der Waals surface area contributed by atoms with Crippen molar-refractivity contribution in [3.8, 4) is 0 Å². The first-order valence-corrected chi connectivity index (χ1v) is 7.26. The van der Waals surface area contributed by atoms with Crippen LogP contribution >= 0.6 is 0 Å². The second-order valence-electron chi connectivity index (χ2n) is 6.36. The van der Waals surface area contributed by atoms with E-state index in [1.54, 1.807) is 0 Å². The van der Waals surface area contributed by atoms with Gasteiger partial charge in [-0.25, -0.2) is 0 Å². The number of nitrogens with one attached hydrogen (secondary N) is 1. The van der Waals surface area contributed by atoms with Crippen LogP contribution in [0.25, 0.3) is 0 Å². The zero-order chi connectivity index (χ0) is 15.6. The number of benzene rings is 1. The molecule has 0 radical (unpaired) electrons. The van der Waals surface area contributed by atoms with Gasteiger partial charge in [-0.2, -0.15) is 0 Å². The van der Waals surface area contributed by atoms with Gasteiger partial charge in [0.25, 0.3) is 0 Å². The number of carbonyl (C=O) groups excluding carboxylic acids is 2. The minimum atomic E-state index is -0.527. The zero-order valence-corrected chi connectivity index (χ0v) is 12.9. The molecule has 5 nitrogen and oxygen atoms in total. The Bertz CT molecular complexity index is 561. The van der Waals surface area contributed by atoms with Gasteiger partial charge in [-0.1, -0.05) is 0 Å². The molecule has 21 heavy (non-hydrogen) atoms. The second kappa shape index (κ2) is 5.85. The van der Waals surface area contributed by atoms with E-state index in [0.717, 1.165) is 29.9 Å². The topological polar surface area (TPSA) is 75.4 Å². The minimum Gasteiger partial charge on any atom is -0.326 e. The van der Waals surface area contributed by atoms with Crippen molar-refractivity contribution in [2.24, 2.45) is 5.73 Å². The average Bonchev–Trinajstić information content (AvgIpc) is 2.73. The molecule has 2 amide bonds. The third kappa shape index (κ3) is 4.04. The Morgan fingerprint density at radius 2 is 2.14 bits per heavy atom. The number of amides is 2. The van der Waals surface area contributed by atoms with Crippen molar-refractivity contribution in [3.63, 3.8) is 0 Å². The lowest BCUT2D eigenvalue weighted by Crippen LogP contribution is -2.36. The van der Waals surface area contributed by atoms with E-state index in [2.05, 4.69) is 5.32 Å². The summed E-state index contributed by atoms with van der Waals surface area (Å²) in [6.45, 7) is 6.36. The van der Waals surface area contributed by atoms with Crippen LogP contribution < -0.4 is 16.0 Å². The Balaban J connectivity index is 2.09. The Morgan fingerprint density at radius 1 is 1.43 bits per heavy atom. The Morgan fingerprint density at radius 3 is 2.67 bits per heavy atom. The van der Waals surface area contributed by atoms with Crippen LogP contribution in [0.3, 0.4) is 0 Å². The number of nitrogens with zero attached hydrogens (tertiary/aromatic N) is 1. The summed E-state index contributed by atoms with van der Waals surface area (Å²) in [5, 5.41) is 2.85. The van der Waals surface area contributed by atoms with Crippen LogP contribution in [-0.2, 0) is 9.59 Å². The van der Waals surface area contributed by atoms with E-state index in [1.807, 2.05) is 43.9 Å². The summed E-state index contributed by atoms with van der Waals surface area (Å²) < 4.78 is 0. The Labute approximate surface area is 125 Å². The van der Waals surface area contributed by atoms with E-state index in [4.69, 9.17) is 5.73 Å². The predicted octanol–water partition coefficient (Wildman–Crippen LogP) is 2.19. The molecule has 3 N–H and O–H groups in total. The fraction of sp³-hybridized carbons (Fsp3) is 0.500. The fourth-order valence-corrected chi connectivity index (χ4v) is 2.56. The van der Waals surface area contributed by atoms with Gasteiger partial charge in [0.2, 0.25) is 11.8 Å². The lowest BCUT2D eigenvalue weighted by molar-refractivity contribution is -0.117. The van der Waals surface area contributed by atoms with Crippen molar-refractivity contribution in [1.29, 1.82) is 0 Å². The van der Waals surface area contributed by atoms with Crippen LogP contribution in [0.1, 0.15) is 38.7 Å². The smallest absolute Gasteiger partial charge is 0.227 e. The molecule has 1 heterocycles. The maximum atomic E-state index is 11.9. The molecule has 1 aromatic carbocycles. The highest BCUT2D eigenvalue weighted by atomic mass is 16.2. The lowest BCUT2D eigenvalue weighted by atomic mass is 10.0. The molecule has 1 saturated heterocycles. The van der Waals surface area contributed by atoms with Gasteiger partial charge >= 0.3 is 0 Å². The molecule has 1 aromatic rings. The summed E-state index contributed by atoms with van der Waals surface area (Å²) in [5.74, 6) is 0.0617. The lowest BCUT2D eigenvalue weighted by Gasteiger charge is -2.20. The molecular weight excluding hydrogens is 266 g/mol. The van der Waals surface area contributed by atoms with Crippen LogP contribution in [0, 0.1) is 6.92 Å². The second-order valence-corrected chi connectivity index (χ2v) is 6.36. The van der Waals surface area contributed by atoms with Gasteiger partial charge in [0.05, 0.1) is 0 Å². The first-order chi connectivity index (χ1) is 9.76. The number of hydrogen-bond acceptors (Lipinski definition) is 3. The van der Waals surface area contributed by atoms with Crippen molar-refractivity contribution in [3.05, 3.63) is 23.8 Å². The largest absolute Gasteiger partial charge is 0.326 e. The maximum absolute atomic E-state index is 11.9. The van der Waals surface area contributed by atoms with Crippen LogP contribution in [0.15, 0.2) is 18.2 Å². The van der Waals surface area contributed by atoms with E-state index in [-0.39, 0.29) is 18.2 Å².